The molecule has 0 radical (unpaired) electrons. The van der Waals surface area contributed by atoms with Gasteiger partial charge in [0.25, 0.3) is 5.91 Å². The molecule has 4 bridgehead atoms. The summed E-state index contributed by atoms with van der Waals surface area (Å²) in [5.41, 5.74) is 6.49. The van der Waals surface area contributed by atoms with E-state index in [-0.39, 0.29) is 29.8 Å². The third-order valence-electron chi connectivity index (χ3n) is 11.7. The Balaban J connectivity index is 0.00000336. The summed E-state index contributed by atoms with van der Waals surface area (Å²) in [5.74, 6) is -2.49. The molecular weight excluding hydrogens is 792 g/mol. The quantitative estimate of drug-likeness (QED) is 0.162. The first-order chi connectivity index (χ1) is 28.4. The van der Waals surface area contributed by atoms with Crippen LogP contribution in [0.15, 0.2) is 66.4 Å². The van der Waals surface area contributed by atoms with Crippen molar-refractivity contribution in [1.29, 1.82) is 0 Å². The Kier molecular flexibility index (Phi) is 14.4. The fraction of sp³-hybridized carbons (Fsp3) is 0.489. The lowest BCUT2D eigenvalue weighted by molar-refractivity contribution is -0.187. The molecule has 3 aliphatic rings. The third kappa shape index (κ3) is 9.31. The minimum absolute atomic E-state index is 0.0380. The van der Waals surface area contributed by atoms with Gasteiger partial charge in [-0.15, -0.1) is 0 Å². The molecule has 3 aromatic rings. The molecule has 0 aliphatic carbocycles. The lowest BCUT2D eigenvalue weighted by Crippen LogP contribution is -2.53. The van der Waals surface area contributed by atoms with E-state index in [4.69, 9.17) is 41.0 Å². The number of epoxide rings is 1. The van der Waals surface area contributed by atoms with Crippen molar-refractivity contribution in [2.24, 2.45) is 5.92 Å². The number of aromatic nitrogens is 1. The van der Waals surface area contributed by atoms with E-state index in [1.165, 1.54) is 38.0 Å². The van der Waals surface area contributed by atoms with Crippen LogP contribution in [0.2, 0.25) is 5.02 Å². The number of carbonyl (C=O) groups is 4. The number of allylic oxidation sites excluding steroid dienone is 3. The van der Waals surface area contributed by atoms with Crippen LogP contribution in [0, 0.1) is 5.92 Å². The number of amides is 2. The number of anilines is 2. The molecule has 0 unspecified atom stereocenters. The molecule has 60 heavy (non-hydrogen) atoms. The highest BCUT2D eigenvalue weighted by molar-refractivity contribution is 6.35. The van der Waals surface area contributed by atoms with E-state index in [2.05, 4.69) is 4.98 Å². The van der Waals surface area contributed by atoms with Crippen LogP contribution in [0.4, 0.5) is 11.4 Å². The van der Waals surface area contributed by atoms with E-state index in [1.54, 1.807) is 68.7 Å². The average Bonchev–Trinajstić information content (AvgIpc) is 3.93. The number of esters is 2. The second-order valence-electron chi connectivity index (χ2n) is 15.7. The Morgan fingerprint density at radius 3 is 2.57 bits per heavy atom. The SMILES string of the molecule is CC.COc1cc2cc(c1Cl)N(C)C(=O)C[C@H](OC(=O)[C@H](C)N(C)C(=O)c1ccc(N)c3cccnc13)[C@]1(C)O[C@H]1[C@H](C)[C@@H]1C[C@@](O)(CC(=O)O1)[C@H](OC)/C=C/C=C(\C)C2. The van der Waals surface area contributed by atoms with Gasteiger partial charge in [-0.1, -0.05) is 56.2 Å². The van der Waals surface area contributed by atoms with E-state index >= 15 is 0 Å². The number of nitrogens with zero attached hydrogens (tertiary/aromatic N) is 3. The van der Waals surface area contributed by atoms with Gasteiger partial charge in [-0.05, 0) is 69.2 Å². The molecule has 2 aromatic carbocycles. The van der Waals surface area contributed by atoms with Crippen molar-refractivity contribution in [3.05, 3.63) is 82.5 Å². The highest BCUT2D eigenvalue weighted by Gasteiger charge is 2.64. The zero-order valence-electron chi connectivity index (χ0n) is 36.0. The molecule has 1 aromatic heterocycles. The fourth-order valence-corrected chi connectivity index (χ4v) is 8.30. The van der Waals surface area contributed by atoms with Crippen molar-refractivity contribution in [1.82, 2.24) is 9.88 Å². The molecule has 6 rings (SSSR count). The molecule has 3 aliphatic heterocycles. The summed E-state index contributed by atoms with van der Waals surface area (Å²) in [6.07, 6.45) is 3.27. The summed E-state index contributed by atoms with van der Waals surface area (Å²) < 4.78 is 29.6. The standard InChI is InChI=1S/C43H51ClN4O10.C2H6/c1-23-11-9-13-33(55-8)43(53)21-32(56-36(50)22-43)24(2)39-42(4,58-39)34(20-35(49)48(6)30-18-26(17-23)19-31(54-7)37(30)44)57-41(52)25(3)47(5)40(51)28-14-15-29(45)27-12-10-16-46-38(27)28;1-2/h9-16,18-19,24-25,32-34,39,53H,17,20-22,45H2,1-8H3;1-2H3/b13-9+,23-11+;/t24-,25+,32+,33-,34+,39+,42+,43-;/m1./s1. The first-order valence-electron chi connectivity index (χ1n) is 20.1. The van der Waals surface area contributed by atoms with Gasteiger partial charge in [0, 0.05) is 50.8 Å². The number of fused-ring (bicyclic) bond motifs is 6. The minimum Gasteiger partial charge on any atom is -0.495 e. The third-order valence-corrected chi connectivity index (χ3v) is 12.1. The first kappa shape index (κ1) is 46.1. The van der Waals surface area contributed by atoms with E-state index < -0.39 is 71.3 Å². The number of rotatable bonds is 6. The van der Waals surface area contributed by atoms with E-state index in [1.807, 2.05) is 33.8 Å². The Bertz CT molecular complexity index is 2180. The van der Waals surface area contributed by atoms with E-state index in [0.717, 1.165) is 11.1 Å². The fourth-order valence-electron chi connectivity index (χ4n) is 7.99. The number of hydrogen-bond acceptors (Lipinski definition) is 12. The summed E-state index contributed by atoms with van der Waals surface area (Å²) in [6, 6.07) is 9.11. The number of carbonyl (C=O) groups excluding carboxylic acids is 4. The number of hydrogen-bond donors (Lipinski definition) is 2. The number of nitrogens with two attached hydrogens (primary N) is 1. The van der Waals surface area contributed by atoms with Crippen LogP contribution in [0.1, 0.15) is 76.7 Å². The number of aliphatic hydroxyl groups is 1. The molecule has 14 nitrogen and oxygen atoms in total. The summed E-state index contributed by atoms with van der Waals surface area (Å²) >= 11 is 6.80. The highest BCUT2D eigenvalue weighted by Crippen LogP contribution is 2.50. The van der Waals surface area contributed by atoms with Crippen molar-refractivity contribution in [2.45, 2.75) is 109 Å². The average molecular weight is 849 g/mol. The van der Waals surface area contributed by atoms with Crippen LogP contribution >= 0.6 is 11.6 Å². The van der Waals surface area contributed by atoms with Gasteiger partial charge in [-0.2, -0.15) is 0 Å². The maximum absolute atomic E-state index is 14.3. The maximum atomic E-state index is 14.3. The zero-order valence-corrected chi connectivity index (χ0v) is 36.7. The van der Waals surface area contributed by atoms with Crippen LogP contribution in [0.3, 0.4) is 0 Å². The Morgan fingerprint density at radius 1 is 1.17 bits per heavy atom. The summed E-state index contributed by atoms with van der Waals surface area (Å²) in [4.78, 5) is 62.3. The van der Waals surface area contributed by atoms with Crippen LogP contribution in [-0.4, -0.2) is 109 Å². The van der Waals surface area contributed by atoms with Gasteiger partial charge >= 0.3 is 11.9 Å². The monoisotopic (exact) mass is 848 g/mol. The lowest BCUT2D eigenvalue weighted by atomic mass is 9.78. The molecule has 4 heterocycles. The second-order valence-corrected chi connectivity index (χ2v) is 16.1. The molecule has 2 saturated heterocycles. The maximum Gasteiger partial charge on any atom is 0.328 e. The predicted octanol–water partition coefficient (Wildman–Crippen LogP) is 6.23. The molecule has 0 spiro atoms. The predicted molar refractivity (Wildman–Crippen MR) is 229 cm³/mol. The molecule has 3 N–H and O–H groups in total. The summed E-state index contributed by atoms with van der Waals surface area (Å²) in [7, 11) is 6.00. The van der Waals surface area contributed by atoms with Crippen molar-refractivity contribution in [3.8, 4) is 5.75 Å². The van der Waals surface area contributed by atoms with Crippen molar-refractivity contribution in [3.63, 3.8) is 0 Å². The van der Waals surface area contributed by atoms with Gasteiger partial charge in [0.05, 0.1) is 42.8 Å². The smallest absolute Gasteiger partial charge is 0.328 e. The number of pyridine rings is 1. The number of halogens is 1. The largest absolute Gasteiger partial charge is 0.495 e. The van der Waals surface area contributed by atoms with Crippen LogP contribution < -0.4 is 15.4 Å². The van der Waals surface area contributed by atoms with Gasteiger partial charge in [0.2, 0.25) is 5.91 Å². The molecular formula is C45H57ClN4O10. The van der Waals surface area contributed by atoms with Crippen molar-refractivity contribution in [2.75, 3.05) is 38.9 Å². The lowest BCUT2D eigenvalue weighted by Gasteiger charge is -2.41. The number of benzene rings is 2. The highest BCUT2D eigenvalue weighted by atomic mass is 35.5. The summed E-state index contributed by atoms with van der Waals surface area (Å²) in [5, 5.41) is 12.7. The molecule has 2 fully saturated rings. The van der Waals surface area contributed by atoms with Crippen molar-refractivity contribution < 1.29 is 48.0 Å². The number of ether oxygens (including phenoxy) is 5. The number of nitrogen functional groups attached to an aromatic ring is 1. The number of methoxy groups -OCH3 is 2. The molecule has 0 saturated carbocycles. The van der Waals surface area contributed by atoms with Crippen LogP contribution in [0.5, 0.6) is 5.75 Å². The van der Waals surface area contributed by atoms with Crippen LogP contribution in [0.25, 0.3) is 10.9 Å². The second kappa shape index (κ2) is 18.7. The number of likely N-dealkylation sites (N-methyl/N-ethyl adjacent to an activating group) is 1. The Hall–Kier alpha value is -5.02. The van der Waals surface area contributed by atoms with Crippen LogP contribution in [-0.2, 0) is 39.8 Å². The van der Waals surface area contributed by atoms with Gasteiger partial charge in [0.1, 0.15) is 46.3 Å². The van der Waals surface area contributed by atoms with E-state index in [0.29, 0.717) is 34.4 Å². The molecule has 8 atom stereocenters. The molecule has 15 heteroatoms. The van der Waals surface area contributed by atoms with E-state index in [9.17, 15) is 24.3 Å². The Labute approximate surface area is 356 Å². The topological polar surface area (TPSA) is 183 Å². The normalized spacial score (nSPS) is 28.8. The minimum atomic E-state index is -1.60. The first-order valence-corrected chi connectivity index (χ1v) is 20.5. The van der Waals surface area contributed by atoms with Gasteiger partial charge < -0.3 is 44.3 Å². The summed E-state index contributed by atoms with van der Waals surface area (Å²) in [6.45, 7) is 11.0. The van der Waals surface area contributed by atoms with Crippen molar-refractivity contribution >= 4 is 57.6 Å². The van der Waals surface area contributed by atoms with Gasteiger partial charge in [-0.25, -0.2) is 4.79 Å². The molecule has 324 valence electrons. The van der Waals surface area contributed by atoms with Gasteiger partial charge in [0.15, 0.2) is 0 Å². The Morgan fingerprint density at radius 2 is 1.88 bits per heavy atom. The zero-order chi connectivity index (χ0) is 44.3. The van der Waals surface area contributed by atoms with Gasteiger partial charge in [-0.3, -0.25) is 19.4 Å². The molecule has 2 amide bonds.